The van der Waals surface area contributed by atoms with Crippen molar-refractivity contribution < 1.29 is 4.79 Å². The van der Waals surface area contributed by atoms with Gasteiger partial charge in [-0.2, -0.15) is 0 Å². The topological polar surface area (TPSA) is 20.3 Å². The van der Waals surface area contributed by atoms with Gasteiger partial charge in [-0.25, -0.2) is 0 Å². The fraction of sp³-hybridized carbons (Fsp3) is 0.562. The van der Waals surface area contributed by atoms with Crippen molar-refractivity contribution in [1.29, 1.82) is 0 Å². The first kappa shape index (κ1) is 14.4. The Labute approximate surface area is 120 Å². The molecule has 0 saturated carbocycles. The number of alkyl halides is 1. The van der Waals surface area contributed by atoms with Gasteiger partial charge in [0.05, 0.1) is 5.38 Å². The van der Waals surface area contributed by atoms with E-state index >= 15 is 0 Å². The molecular formula is C16H22ClNO. The summed E-state index contributed by atoms with van der Waals surface area (Å²) in [5.41, 5.74) is 3.50. The Morgan fingerprint density at radius 2 is 2.05 bits per heavy atom. The van der Waals surface area contributed by atoms with Crippen LogP contribution in [0.4, 0.5) is 5.69 Å². The van der Waals surface area contributed by atoms with Gasteiger partial charge in [0, 0.05) is 19.2 Å². The van der Waals surface area contributed by atoms with E-state index in [2.05, 4.69) is 32.9 Å². The quantitative estimate of drug-likeness (QED) is 0.755. The van der Waals surface area contributed by atoms with Crippen molar-refractivity contribution in [3.8, 4) is 0 Å². The summed E-state index contributed by atoms with van der Waals surface area (Å²) in [5.74, 6) is 0.191. The van der Waals surface area contributed by atoms with Crippen LogP contribution in [0.3, 0.4) is 0 Å². The van der Waals surface area contributed by atoms with Gasteiger partial charge in [-0.05, 0) is 35.4 Å². The van der Waals surface area contributed by atoms with Gasteiger partial charge < -0.3 is 4.90 Å². The summed E-state index contributed by atoms with van der Waals surface area (Å²) in [6.45, 7) is 6.56. The number of benzene rings is 1. The second-order valence-electron chi connectivity index (χ2n) is 6.05. The molecule has 2 nitrogen and oxygen atoms in total. The van der Waals surface area contributed by atoms with Crippen molar-refractivity contribution in [3.05, 3.63) is 29.3 Å². The van der Waals surface area contributed by atoms with Gasteiger partial charge in [-0.15, -0.1) is 11.6 Å². The number of nitrogens with zero attached hydrogens (tertiary/aromatic N) is 1. The lowest BCUT2D eigenvalue weighted by Crippen LogP contribution is -2.31. The van der Waals surface area contributed by atoms with E-state index in [1.165, 1.54) is 5.56 Å². The molecule has 0 aromatic heterocycles. The van der Waals surface area contributed by atoms with Crippen LogP contribution >= 0.6 is 11.6 Å². The molecule has 0 spiro atoms. The Kier molecular flexibility index (Phi) is 3.91. The first-order valence-corrected chi connectivity index (χ1v) is 7.34. The van der Waals surface area contributed by atoms with Gasteiger partial charge >= 0.3 is 0 Å². The van der Waals surface area contributed by atoms with Crippen LogP contribution in [-0.4, -0.2) is 13.0 Å². The summed E-state index contributed by atoms with van der Waals surface area (Å²) in [7, 11) is 1.84. The van der Waals surface area contributed by atoms with Crippen LogP contribution in [0.15, 0.2) is 18.2 Å². The van der Waals surface area contributed by atoms with Crippen molar-refractivity contribution in [2.45, 2.75) is 45.4 Å². The maximum absolute atomic E-state index is 11.7. The predicted molar refractivity (Wildman–Crippen MR) is 80.8 cm³/mol. The van der Waals surface area contributed by atoms with Crippen LogP contribution in [-0.2, 0) is 11.2 Å². The van der Waals surface area contributed by atoms with Crippen LogP contribution < -0.4 is 4.90 Å². The van der Waals surface area contributed by atoms with Crippen molar-refractivity contribution in [3.63, 3.8) is 0 Å². The van der Waals surface area contributed by atoms with Crippen LogP contribution in [0, 0.1) is 5.41 Å². The SMILES string of the molecule is CCC(C)(C)C(Cl)c1ccc2c(c1)CCC(=O)N2C. The third kappa shape index (κ3) is 2.64. The van der Waals surface area contributed by atoms with Crippen molar-refractivity contribution in [1.82, 2.24) is 0 Å². The number of amides is 1. The molecule has 3 heteroatoms. The molecule has 0 N–H and O–H groups in total. The minimum atomic E-state index is 0.00531. The first-order chi connectivity index (χ1) is 8.86. The minimum Gasteiger partial charge on any atom is -0.315 e. The molecule has 1 aromatic carbocycles. The number of hydrogen-bond donors (Lipinski definition) is 0. The molecule has 1 aliphatic rings. The van der Waals surface area contributed by atoms with Crippen LogP contribution in [0.2, 0.25) is 0 Å². The van der Waals surface area contributed by atoms with E-state index in [9.17, 15) is 4.79 Å². The molecule has 1 unspecified atom stereocenters. The Bertz CT molecular complexity index is 496. The molecule has 1 aromatic rings. The number of aryl methyl sites for hydroxylation is 1. The van der Waals surface area contributed by atoms with Gasteiger partial charge in [0.15, 0.2) is 0 Å². The first-order valence-electron chi connectivity index (χ1n) is 6.90. The second kappa shape index (κ2) is 5.16. The zero-order valence-corrected chi connectivity index (χ0v) is 12.9. The third-order valence-corrected chi connectivity index (χ3v) is 5.18. The normalized spacial score (nSPS) is 17.3. The molecule has 0 aliphatic carbocycles. The second-order valence-corrected chi connectivity index (χ2v) is 6.48. The molecule has 0 radical (unpaired) electrons. The molecule has 1 heterocycles. The number of carbonyl (C=O) groups is 1. The summed E-state index contributed by atoms with van der Waals surface area (Å²) >= 11 is 6.63. The highest BCUT2D eigenvalue weighted by atomic mass is 35.5. The average molecular weight is 280 g/mol. The summed E-state index contributed by atoms with van der Waals surface area (Å²) < 4.78 is 0. The Hall–Kier alpha value is -1.02. The summed E-state index contributed by atoms with van der Waals surface area (Å²) in [5, 5.41) is 0.00531. The van der Waals surface area contributed by atoms with Crippen LogP contribution in [0.5, 0.6) is 0 Å². The number of fused-ring (bicyclic) bond motifs is 1. The molecule has 0 bridgehead atoms. The minimum absolute atomic E-state index is 0.00531. The third-order valence-electron chi connectivity index (χ3n) is 4.34. The van der Waals surface area contributed by atoms with Gasteiger partial charge in [0.1, 0.15) is 0 Å². The molecule has 2 rings (SSSR count). The van der Waals surface area contributed by atoms with E-state index in [1.54, 1.807) is 4.90 Å². The highest BCUT2D eigenvalue weighted by Gasteiger charge is 2.29. The number of rotatable bonds is 3. The number of anilines is 1. The maximum atomic E-state index is 11.7. The summed E-state index contributed by atoms with van der Waals surface area (Å²) in [4.78, 5) is 13.4. The molecule has 0 saturated heterocycles. The maximum Gasteiger partial charge on any atom is 0.227 e. The van der Waals surface area contributed by atoms with E-state index in [4.69, 9.17) is 11.6 Å². The summed E-state index contributed by atoms with van der Waals surface area (Å²) in [6.07, 6.45) is 2.45. The smallest absolute Gasteiger partial charge is 0.227 e. The fourth-order valence-corrected chi connectivity index (χ4v) is 2.75. The number of carbonyl (C=O) groups excluding carboxylic acids is 1. The van der Waals surface area contributed by atoms with E-state index in [1.807, 2.05) is 13.1 Å². The number of halogens is 1. The zero-order valence-electron chi connectivity index (χ0n) is 12.2. The Morgan fingerprint density at radius 3 is 2.68 bits per heavy atom. The lowest BCUT2D eigenvalue weighted by molar-refractivity contribution is -0.118. The van der Waals surface area contributed by atoms with Gasteiger partial charge in [-0.1, -0.05) is 32.9 Å². The fourth-order valence-electron chi connectivity index (χ4n) is 2.46. The summed E-state index contributed by atoms with van der Waals surface area (Å²) in [6, 6.07) is 6.26. The monoisotopic (exact) mass is 279 g/mol. The van der Waals surface area contributed by atoms with E-state index in [0.717, 1.165) is 24.1 Å². The van der Waals surface area contributed by atoms with Crippen molar-refractivity contribution in [2.75, 3.05) is 11.9 Å². The van der Waals surface area contributed by atoms with Crippen LogP contribution in [0.1, 0.15) is 50.1 Å². The van der Waals surface area contributed by atoms with E-state index in [0.29, 0.717) is 6.42 Å². The molecular weight excluding hydrogens is 258 g/mol. The standard InChI is InChI=1S/C16H22ClNO/c1-5-16(2,3)15(17)12-6-8-13-11(10-12)7-9-14(19)18(13)4/h6,8,10,15H,5,7,9H2,1-4H3. The molecule has 1 amide bonds. The van der Waals surface area contributed by atoms with Crippen LogP contribution in [0.25, 0.3) is 0 Å². The number of hydrogen-bond acceptors (Lipinski definition) is 1. The molecule has 1 aliphatic heterocycles. The highest BCUT2D eigenvalue weighted by Crippen LogP contribution is 2.42. The largest absolute Gasteiger partial charge is 0.315 e. The van der Waals surface area contributed by atoms with E-state index < -0.39 is 0 Å². The predicted octanol–water partition coefficient (Wildman–Crippen LogP) is 4.31. The lowest BCUT2D eigenvalue weighted by atomic mass is 9.82. The van der Waals surface area contributed by atoms with Gasteiger partial charge in [0.2, 0.25) is 5.91 Å². The van der Waals surface area contributed by atoms with Crippen molar-refractivity contribution >= 4 is 23.2 Å². The molecule has 104 valence electrons. The average Bonchev–Trinajstić information content (AvgIpc) is 2.41. The van der Waals surface area contributed by atoms with Crippen molar-refractivity contribution in [2.24, 2.45) is 5.41 Å². The zero-order chi connectivity index (χ0) is 14.2. The van der Waals surface area contributed by atoms with E-state index in [-0.39, 0.29) is 16.7 Å². The molecule has 0 fully saturated rings. The Balaban J connectivity index is 2.35. The lowest BCUT2D eigenvalue weighted by Gasteiger charge is -2.31. The highest BCUT2D eigenvalue weighted by molar-refractivity contribution is 6.21. The molecule has 1 atom stereocenters. The Morgan fingerprint density at radius 1 is 1.37 bits per heavy atom. The molecule has 19 heavy (non-hydrogen) atoms. The van der Waals surface area contributed by atoms with Gasteiger partial charge in [-0.3, -0.25) is 4.79 Å². The van der Waals surface area contributed by atoms with Gasteiger partial charge in [0.25, 0.3) is 0 Å².